The molecule has 0 amide bonds. The number of para-hydroxylation sites is 1. The molecule has 0 fully saturated rings. The van der Waals surface area contributed by atoms with Crippen LogP contribution in [0.2, 0.25) is 0 Å². The average molecular weight is 416 g/mol. The van der Waals surface area contributed by atoms with E-state index < -0.39 is 0 Å². The van der Waals surface area contributed by atoms with E-state index in [1.807, 2.05) is 30.3 Å². The number of methoxy groups -OCH3 is 1. The van der Waals surface area contributed by atoms with Gasteiger partial charge in [-0.15, -0.1) is 0 Å². The number of nitrogens with zero attached hydrogens (tertiary/aromatic N) is 2. The number of fused-ring (bicyclic) bond motifs is 6. The van der Waals surface area contributed by atoms with Gasteiger partial charge in [0, 0.05) is 16.5 Å². The summed E-state index contributed by atoms with van der Waals surface area (Å²) < 4.78 is 7.58. The quantitative estimate of drug-likeness (QED) is 0.326. The summed E-state index contributed by atoms with van der Waals surface area (Å²) in [6, 6.07) is 32.2. The van der Waals surface area contributed by atoms with E-state index in [-0.39, 0.29) is 5.75 Å². The highest BCUT2D eigenvalue weighted by molar-refractivity contribution is 6.24. The SMILES string of the molecule is COc1ccc(O)c(-c2nc3c4ccccc4c4ccccc4c3n2-c2ccccc2)c1. The van der Waals surface area contributed by atoms with E-state index in [1.54, 1.807) is 19.2 Å². The lowest BCUT2D eigenvalue weighted by Crippen LogP contribution is -1.98. The Balaban J connectivity index is 1.87. The van der Waals surface area contributed by atoms with Crippen molar-refractivity contribution in [1.82, 2.24) is 9.55 Å². The molecular formula is C28H20N2O2. The summed E-state index contributed by atoms with van der Waals surface area (Å²) in [4.78, 5) is 5.12. The standard InChI is InChI=1S/C28H20N2O2/c1-32-19-15-16-25(31)24(17-19)28-29-26-22-13-7-5-11-20(22)21-12-6-8-14-23(21)27(26)30(28)18-9-3-2-4-10-18/h2-17,31H,1H3. The van der Waals surface area contributed by atoms with Crippen LogP contribution >= 0.6 is 0 Å². The van der Waals surface area contributed by atoms with Gasteiger partial charge in [-0.3, -0.25) is 4.57 Å². The summed E-state index contributed by atoms with van der Waals surface area (Å²) >= 11 is 0. The first-order valence-corrected chi connectivity index (χ1v) is 10.5. The second-order valence-electron chi connectivity index (χ2n) is 7.78. The molecule has 1 N–H and O–H groups in total. The lowest BCUT2D eigenvalue weighted by atomic mass is 10.00. The van der Waals surface area contributed by atoms with E-state index in [4.69, 9.17) is 9.72 Å². The van der Waals surface area contributed by atoms with Gasteiger partial charge in [-0.25, -0.2) is 4.98 Å². The number of benzene rings is 5. The third kappa shape index (κ3) is 2.66. The fourth-order valence-electron chi connectivity index (χ4n) is 4.54. The zero-order valence-electron chi connectivity index (χ0n) is 17.5. The lowest BCUT2D eigenvalue weighted by Gasteiger charge is -2.13. The number of phenolic OH excluding ortho intramolecular Hbond substituents is 1. The summed E-state index contributed by atoms with van der Waals surface area (Å²) in [5, 5.41) is 15.3. The smallest absolute Gasteiger partial charge is 0.149 e. The molecule has 4 heteroatoms. The monoisotopic (exact) mass is 416 g/mol. The maximum Gasteiger partial charge on any atom is 0.149 e. The Morgan fingerprint density at radius 1 is 0.719 bits per heavy atom. The van der Waals surface area contributed by atoms with Crippen molar-refractivity contribution in [3.8, 4) is 28.6 Å². The van der Waals surface area contributed by atoms with Crippen molar-refractivity contribution in [1.29, 1.82) is 0 Å². The number of phenols is 1. The Morgan fingerprint density at radius 3 is 2.06 bits per heavy atom. The van der Waals surface area contributed by atoms with Crippen LogP contribution < -0.4 is 4.74 Å². The molecule has 154 valence electrons. The van der Waals surface area contributed by atoms with Crippen molar-refractivity contribution >= 4 is 32.6 Å². The molecule has 0 unspecified atom stereocenters. The molecule has 1 aromatic heterocycles. The molecule has 0 saturated heterocycles. The third-order valence-corrected chi connectivity index (χ3v) is 5.99. The van der Waals surface area contributed by atoms with Crippen molar-refractivity contribution < 1.29 is 9.84 Å². The third-order valence-electron chi connectivity index (χ3n) is 5.99. The number of ether oxygens (including phenoxy) is 1. The summed E-state index contributed by atoms with van der Waals surface area (Å²) in [6.45, 7) is 0. The molecule has 0 saturated carbocycles. The minimum atomic E-state index is 0.159. The summed E-state index contributed by atoms with van der Waals surface area (Å²) in [5.74, 6) is 1.50. The molecule has 4 nitrogen and oxygen atoms in total. The second kappa shape index (κ2) is 7.13. The topological polar surface area (TPSA) is 47.3 Å². The van der Waals surface area contributed by atoms with Gasteiger partial charge < -0.3 is 9.84 Å². The Morgan fingerprint density at radius 2 is 1.34 bits per heavy atom. The van der Waals surface area contributed by atoms with E-state index in [2.05, 4.69) is 59.2 Å². The fourth-order valence-corrected chi connectivity index (χ4v) is 4.54. The van der Waals surface area contributed by atoms with E-state index >= 15 is 0 Å². The number of rotatable bonds is 3. The number of aromatic hydroxyl groups is 1. The highest BCUT2D eigenvalue weighted by Gasteiger charge is 2.21. The van der Waals surface area contributed by atoms with Crippen molar-refractivity contribution in [2.75, 3.05) is 7.11 Å². The van der Waals surface area contributed by atoms with Crippen LogP contribution in [0.25, 0.3) is 49.7 Å². The minimum Gasteiger partial charge on any atom is -0.507 e. The molecule has 0 aliphatic carbocycles. The first-order chi connectivity index (χ1) is 15.8. The van der Waals surface area contributed by atoms with Crippen molar-refractivity contribution in [3.63, 3.8) is 0 Å². The van der Waals surface area contributed by atoms with Crippen LogP contribution in [0.3, 0.4) is 0 Å². The largest absolute Gasteiger partial charge is 0.507 e. The van der Waals surface area contributed by atoms with Crippen LogP contribution in [0.4, 0.5) is 0 Å². The lowest BCUT2D eigenvalue weighted by molar-refractivity contribution is 0.412. The fraction of sp³-hybridized carbons (Fsp3) is 0.0357. The molecule has 5 aromatic carbocycles. The van der Waals surface area contributed by atoms with Crippen LogP contribution in [0.5, 0.6) is 11.5 Å². The van der Waals surface area contributed by atoms with Gasteiger partial charge in [0.2, 0.25) is 0 Å². The van der Waals surface area contributed by atoms with Crippen molar-refractivity contribution in [2.45, 2.75) is 0 Å². The maximum absolute atomic E-state index is 10.8. The Kier molecular flexibility index (Phi) is 4.12. The maximum atomic E-state index is 10.8. The van der Waals surface area contributed by atoms with Gasteiger partial charge in [0.1, 0.15) is 17.3 Å². The second-order valence-corrected chi connectivity index (χ2v) is 7.78. The van der Waals surface area contributed by atoms with E-state index in [9.17, 15) is 5.11 Å². The first kappa shape index (κ1) is 18.5. The molecule has 0 spiro atoms. The molecule has 0 bridgehead atoms. The molecule has 0 atom stereocenters. The highest BCUT2D eigenvalue weighted by Crippen LogP contribution is 2.41. The van der Waals surface area contributed by atoms with Gasteiger partial charge in [0.05, 0.1) is 23.7 Å². The minimum absolute atomic E-state index is 0.159. The number of hydrogen-bond acceptors (Lipinski definition) is 3. The van der Waals surface area contributed by atoms with Gasteiger partial charge in [-0.2, -0.15) is 0 Å². The average Bonchev–Trinajstić information content (AvgIpc) is 3.26. The predicted molar refractivity (Wildman–Crippen MR) is 130 cm³/mol. The molecule has 1 heterocycles. The number of imidazole rings is 1. The van der Waals surface area contributed by atoms with Crippen LogP contribution in [-0.4, -0.2) is 21.8 Å². The normalized spacial score (nSPS) is 11.4. The summed E-state index contributed by atoms with van der Waals surface area (Å²) in [7, 11) is 1.62. The van der Waals surface area contributed by atoms with Gasteiger partial charge in [-0.05, 0) is 41.1 Å². The van der Waals surface area contributed by atoms with Gasteiger partial charge in [-0.1, -0.05) is 66.7 Å². The molecular weight excluding hydrogens is 396 g/mol. The Hall–Kier alpha value is -4.31. The molecule has 0 aliphatic heterocycles. The molecule has 0 radical (unpaired) electrons. The van der Waals surface area contributed by atoms with Gasteiger partial charge >= 0.3 is 0 Å². The molecule has 0 aliphatic rings. The molecule has 32 heavy (non-hydrogen) atoms. The Labute approximate surface area is 185 Å². The number of aromatic nitrogens is 2. The number of hydrogen-bond donors (Lipinski definition) is 1. The summed E-state index contributed by atoms with van der Waals surface area (Å²) in [6.07, 6.45) is 0. The summed E-state index contributed by atoms with van der Waals surface area (Å²) in [5.41, 5.74) is 3.52. The molecule has 6 rings (SSSR count). The highest BCUT2D eigenvalue weighted by atomic mass is 16.5. The predicted octanol–water partition coefficient (Wildman–Crippen LogP) is 6.71. The van der Waals surface area contributed by atoms with Crippen LogP contribution in [0, 0.1) is 0 Å². The van der Waals surface area contributed by atoms with Crippen LogP contribution in [-0.2, 0) is 0 Å². The van der Waals surface area contributed by atoms with Crippen molar-refractivity contribution in [2.24, 2.45) is 0 Å². The van der Waals surface area contributed by atoms with Gasteiger partial charge in [0.25, 0.3) is 0 Å². The molecule has 6 aromatic rings. The van der Waals surface area contributed by atoms with E-state index in [0.29, 0.717) is 17.1 Å². The van der Waals surface area contributed by atoms with Gasteiger partial charge in [0.15, 0.2) is 0 Å². The zero-order chi connectivity index (χ0) is 21.7. The van der Waals surface area contributed by atoms with E-state index in [0.717, 1.165) is 32.9 Å². The van der Waals surface area contributed by atoms with Crippen molar-refractivity contribution in [3.05, 3.63) is 97.1 Å². The zero-order valence-corrected chi connectivity index (χ0v) is 17.5. The van der Waals surface area contributed by atoms with E-state index in [1.165, 1.54) is 5.39 Å². The van der Waals surface area contributed by atoms with Crippen LogP contribution in [0.1, 0.15) is 0 Å². The van der Waals surface area contributed by atoms with Crippen LogP contribution in [0.15, 0.2) is 97.1 Å². The first-order valence-electron chi connectivity index (χ1n) is 10.5. The Bertz CT molecular complexity index is 1620.